The molecule has 2 N–H and O–H groups in total. The molecule has 0 spiro atoms. The molecule has 2 aliphatic heterocycles. The van der Waals surface area contributed by atoms with Crippen molar-refractivity contribution < 1.29 is 9.59 Å². The van der Waals surface area contributed by atoms with Gasteiger partial charge in [-0.3, -0.25) is 9.59 Å². The number of aromatic nitrogens is 1. The second-order valence-corrected chi connectivity index (χ2v) is 5.69. The number of carbonyl (C=O) groups is 2. The van der Waals surface area contributed by atoms with Crippen molar-refractivity contribution in [3.05, 3.63) is 23.9 Å². The minimum atomic E-state index is 0.0282. The maximum atomic E-state index is 12.5. The number of carbonyl (C=O) groups excluding carboxylic acids is 2. The number of rotatable bonds is 2. The van der Waals surface area contributed by atoms with Gasteiger partial charge in [0, 0.05) is 38.8 Å². The third-order valence-electron chi connectivity index (χ3n) is 4.38. The maximum Gasteiger partial charge on any atom is 0.255 e. The number of piperidine rings is 2. The highest BCUT2D eigenvalue weighted by molar-refractivity contribution is 5.94. The summed E-state index contributed by atoms with van der Waals surface area (Å²) in [7, 11) is 1.80. The lowest BCUT2D eigenvalue weighted by Crippen LogP contribution is -2.55. The fourth-order valence-electron chi connectivity index (χ4n) is 3.15. The summed E-state index contributed by atoms with van der Waals surface area (Å²) in [5.74, 6) is 1.30. The molecular weight excluding hydrogens is 268 g/mol. The molecule has 3 heterocycles. The van der Waals surface area contributed by atoms with E-state index in [4.69, 9.17) is 0 Å². The minimum absolute atomic E-state index is 0.0282. The first kappa shape index (κ1) is 13.9. The molecule has 21 heavy (non-hydrogen) atoms. The van der Waals surface area contributed by atoms with Crippen molar-refractivity contribution in [1.29, 1.82) is 0 Å². The van der Waals surface area contributed by atoms with E-state index in [0.29, 0.717) is 24.4 Å². The van der Waals surface area contributed by atoms with E-state index >= 15 is 0 Å². The van der Waals surface area contributed by atoms with Crippen molar-refractivity contribution in [2.45, 2.75) is 25.3 Å². The second kappa shape index (κ2) is 5.71. The predicted octanol–water partition coefficient (Wildman–Crippen LogP) is 0.864. The molecular formula is C15H20N4O2. The summed E-state index contributed by atoms with van der Waals surface area (Å²) < 4.78 is 0. The first-order valence-electron chi connectivity index (χ1n) is 7.40. The molecule has 112 valence electrons. The van der Waals surface area contributed by atoms with Gasteiger partial charge < -0.3 is 15.5 Å². The van der Waals surface area contributed by atoms with E-state index in [0.717, 1.165) is 25.2 Å². The van der Waals surface area contributed by atoms with E-state index in [1.165, 1.54) is 0 Å². The lowest BCUT2D eigenvalue weighted by atomic mass is 9.85. The second-order valence-electron chi connectivity index (χ2n) is 5.69. The molecule has 1 aromatic rings. The Kier molecular flexibility index (Phi) is 3.77. The van der Waals surface area contributed by atoms with Gasteiger partial charge in [-0.2, -0.15) is 0 Å². The smallest absolute Gasteiger partial charge is 0.255 e. The number of nitrogens with one attached hydrogen (secondary N) is 2. The molecule has 2 amide bonds. The van der Waals surface area contributed by atoms with E-state index in [1.807, 2.05) is 4.90 Å². The van der Waals surface area contributed by atoms with Crippen LogP contribution in [0.1, 0.15) is 29.6 Å². The zero-order valence-corrected chi connectivity index (χ0v) is 12.1. The van der Waals surface area contributed by atoms with E-state index < -0.39 is 0 Å². The predicted molar refractivity (Wildman–Crippen MR) is 79.0 cm³/mol. The Morgan fingerprint density at radius 3 is 3.00 bits per heavy atom. The van der Waals surface area contributed by atoms with E-state index in [9.17, 15) is 9.59 Å². The summed E-state index contributed by atoms with van der Waals surface area (Å²) in [5.41, 5.74) is 0.618. The molecule has 3 rings (SSSR count). The monoisotopic (exact) mass is 288 g/mol. The zero-order chi connectivity index (χ0) is 14.8. The zero-order valence-electron chi connectivity index (χ0n) is 12.1. The van der Waals surface area contributed by atoms with Crippen LogP contribution >= 0.6 is 0 Å². The molecule has 0 saturated carbocycles. The van der Waals surface area contributed by atoms with Crippen LogP contribution < -0.4 is 10.6 Å². The standard InChI is InChI=1S/C15H20N4O2/c1-16-13-4-2-10(8-17-13)15(21)19-7-6-12-11(9-19)3-5-14(20)18-12/h2,4,8,11-12H,3,5-7,9H2,1H3,(H,16,17)(H,18,20). The highest BCUT2D eigenvalue weighted by atomic mass is 16.2. The quantitative estimate of drug-likeness (QED) is 0.846. The average Bonchev–Trinajstić information content (AvgIpc) is 2.53. The summed E-state index contributed by atoms with van der Waals surface area (Å²) in [4.78, 5) is 30.0. The first-order chi connectivity index (χ1) is 10.2. The summed E-state index contributed by atoms with van der Waals surface area (Å²) in [6, 6.07) is 3.84. The van der Waals surface area contributed by atoms with E-state index in [1.54, 1.807) is 25.4 Å². The average molecular weight is 288 g/mol. The molecule has 2 fully saturated rings. The van der Waals surface area contributed by atoms with Crippen LogP contribution in [0.15, 0.2) is 18.3 Å². The van der Waals surface area contributed by atoms with Crippen molar-refractivity contribution in [1.82, 2.24) is 15.2 Å². The van der Waals surface area contributed by atoms with Gasteiger partial charge in [-0.1, -0.05) is 0 Å². The minimum Gasteiger partial charge on any atom is -0.373 e. The Morgan fingerprint density at radius 2 is 2.29 bits per heavy atom. The summed E-state index contributed by atoms with van der Waals surface area (Å²) in [5, 5.41) is 5.97. The first-order valence-corrected chi connectivity index (χ1v) is 7.40. The van der Waals surface area contributed by atoms with Crippen molar-refractivity contribution in [3.8, 4) is 0 Å². The highest BCUT2D eigenvalue weighted by Gasteiger charge is 2.35. The Balaban J connectivity index is 1.67. The largest absolute Gasteiger partial charge is 0.373 e. The summed E-state index contributed by atoms with van der Waals surface area (Å²) in [6.07, 6.45) is 3.89. The molecule has 2 atom stereocenters. The number of hydrogen-bond donors (Lipinski definition) is 2. The number of fused-ring (bicyclic) bond motifs is 1. The van der Waals surface area contributed by atoms with Gasteiger partial charge in [0.05, 0.1) is 5.56 Å². The van der Waals surface area contributed by atoms with Crippen LogP contribution in [0.25, 0.3) is 0 Å². The van der Waals surface area contributed by atoms with Gasteiger partial charge in [0.2, 0.25) is 5.91 Å². The summed E-state index contributed by atoms with van der Waals surface area (Å²) >= 11 is 0. The summed E-state index contributed by atoms with van der Waals surface area (Å²) in [6.45, 7) is 1.41. The Labute approximate surface area is 123 Å². The van der Waals surface area contributed by atoms with Crippen LogP contribution in [-0.2, 0) is 4.79 Å². The van der Waals surface area contributed by atoms with Crippen LogP contribution in [0, 0.1) is 5.92 Å². The van der Waals surface area contributed by atoms with Crippen molar-refractivity contribution in [2.24, 2.45) is 5.92 Å². The number of amides is 2. The van der Waals surface area contributed by atoms with Gasteiger partial charge in [0.25, 0.3) is 5.91 Å². The van der Waals surface area contributed by atoms with Gasteiger partial charge in [0.1, 0.15) is 5.82 Å². The number of hydrogen-bond acceptors (Lipinski definition) is 4. The normalized spacial score (nSPS) is 25.0. The molecule has 6 nitrogen and oxygen atoms in total. The molecule has 2 saturated heterocycles. The van der Waals surface area contributed by atoms with E-state index in [2.05, 4.69) is 15.6 Å². The van der Waals surface area contributed by atoms with Crippen LogP contribution in [0.2, 0.25) is 0 Å². The molecule has 0 aliphatic carbocycles. The van der Waals surface area contributed by atoms with Gasteiger partial charge in [-0.15, -0.1) is 0 Å². The Hall–Kier alpha value is -2.11. The highest BCUT2D eigenvalue weighted by Crippen LogP contribution is 2.26. The van der Waals surface area contributed by atoms with Crippen molar-refractivity contribution >= 4 is 17.6 Å². The maximum absolute atomic E-state index is 12.5. The Bertz CT molecular complexity index is 543. The van der Waals surface area contributed by atoms with Gasteiger partial charge in [-0.05, 0) is 30.9 Å². The molecule has 0 aromatic carbocycles. The van der Waals surface area contributed by atoms with Crippen LogP contribution in [0.3, 0.4) is 0 Å². The van der Waals surface area contributed by atoms with E-state index in [-0.39, 0.29) is 17.9 Å². The topological polar surface area (TPSA) is 74.3 Å². The Morgan fingerprint density at radius 1 is 1.43 bits per heavy atom. The lowest BCUT2D eigenvalue weighted by Gasteiger charge is -2.41. The van der Waals surface area contributed by atoms with Crippen LogP contribution in [0.5, 0.6) is 0 Å². The third kappa shape index (κ3) is 2.84. The third-order valence-corrected chi connectivity index (χ3v) is 4.38. The lowest BCUT2D eigenvalue weighted by molar-refractivity contribution is -0.125. The van der Waals surface area contributed by atoms with Gasteiger partial charge >= 0.3 is 0 Å². The van der Waals surface area contributed by atoms with Gasteiger partial charge in [0.15, 0.2) is 0 Å². The number of nitrogens with zero attached hydrogens (tertiary/aromatic N) is 2. The SMILES string of the molecule is CNc1ccc(C(=O)N2CCC3NC(=O)CCC3C2)cn1. The van der Waals surface area contributed by atoms with Crippen LogP contribution in [-0.4, -0.2) is 47.9 Å². The van der Waals surface area contributed by atoms with Crippen molar-refractivity contribution in [2.75, 3.05) is 25.5 Å². The fourth-order valence-corrected chi connectivity index (χ4v) is 3.15. The molecule has 6 heteroatoms. The molecule has 0 radical (unpaired) electrons. The molecule has 2 aliphatic rings. The molecule has 1 aromatic heterocycles. The molecule has 0 bridgehead atoms. The van der Waals surface area contributed by atoms with Gasteiger partial charge in [-0.25, -0.2) is 4.98 Å². The molecule has 2 unspecified atom stereocenters. The number of likely N-dealkylation sites (tertiary alicyclic amines) is 1. The van der Waals surface area contributed by atoms with Crippen molar-refractivity contribution in [3.63, 3.8) is 0 Å². The van der Waals surface area contributed by atoms with Crippen LogP contribution in [0.4, 0.5) is 5.82 Å². The number of pyridine rings is 1. The number of anilines is 1. The fraction of sp³-hybridized carbons (Fsp3) is 0.533.